The number of rotatable bonds is 5. The van der Waals surface area contributed by atoms with Gasteiger partial charge in [-0.3, -0.25) is 14.4 Å². The molecule has 2 aromatic carbocycles. The lowest BCUT2D eigenvalue weighted by atomic mass is 9.81. The smallest absolute Gasteiger partial charge is 0.335 e. The number of carbonyl (C=O) groups is 1. The zero-order valence-corrected chi connectivity index (χ0v) is 19.2. The Bertz CT molecular complexity index is 1180. The number of halogens is 1. The van der Waals surface area contributed by atoms with Crippen molar-refractivity contribution in [3.63, 3.8) is 0 Å². The van der Waals surface area contributed by atoms with E-state index in [0.717, 1.165) is 31.1 Å². The van der Waals surface area contributed by atoms with Crippen LogP contribution < -0.4 is 9.64 Å². The summed E-state index contributed by atoms with van der Waals surface area (Å²) in [5.41, 5.74) is 1.18. The lowest BCUT2D eigenvalue weighted by molar-refractivity contribution is 0.0967. The number of likely N-dealkylation sites (tertiary alicyclic amines) is 1. The third kappa shape index (κ3) is 3.80. The van der Waals surface area contributed by atoms with E-state index in [1.807, 2.05) is 26.0 Å². The van der Waals surface area contributed by atoms with Crippen molar-refractivity contribution in [3.05, 3.63) is 78.1 Å². The second-order valence-corrected chi connectivity index (χ2v) is 9.34. The van der Waals surface area contributed by atoms with E-state index in [1.54, 1.807) is 34.0 Å². The van der Waals surface area contributed by atoms with E-state index in [0.29, 0.717) is 12.1 Å². The lowest BCUT2D eigenvalue weighted by Crippen LogP contribution is -2.54. The van der Waals surface area contributed by atoms with Gasteiger partial charge in [0.25, 0.3) is 0 Å². The van der Waals surface area contributed by atoms with Crippen LogP contribution in [0.5, 0.6) is 5.75 Å². The Hall–Kier alpha value is -3.19. The van der Waals surface area contributed by atoms with Crippen LogP contribution in [0.3, 0.4) is 0 Å². The Morgan fingerprint density at radius 3 is 2.79 bits per heavy atom. The Morgan fingerprint density at radius 1 is 1.21 bits per heavy atom. The summed E-state index contributed by atoms with van der Waals surface area (Å²) in [6.45, 7) is 7.83. The average molecular weight is 449 g/mol. The molecule has 33 heavy (non-hydrogen) atoms. The first-order chi connectivity index (χ1) is 15.9. The highest BCUT2D eigenvalue weighted by atomic mass is 19.1. The first kappa shape index (κ1) is 21.6. The topological polar surface area (TPSA) is 50.6 Å². The van der Waals surface area contributed by atoms with Gasteiger partial charge in [-0.25, -0.2) is 14.2 Å². The first-order valence-electron chi connectivity index (χ1n) is 11.5. The molecule has 0 saturated carbocycles. The minimum Gasteiger partial charge on any atom is -0.491 e. The molecule has 0 bridgehead atoms. The van der Waals surface area contributed by atoms with Crippen molar-refractivity contribution in [2.45, 2.75) is 57.8 Å². The monoisotopic (exact) mass is 448 g/mol. The lowest BCUT2D eigenvalue weighted by Gasteiger charge is -2.46. The zero-order chi connectivity index (χ0) is 23.2. The third-order valence-corrected chi connectivity index (χ3v) is 6.67. The fourth-order valence-electron chi connectivity index (χ4n) is 5.30. The van der Waals surface area contributed by atoms with Gasteiger partial charge in [0.05, 0.1) is 6.10 Å². The van der Waals surface area contributed by atoms with Crippen LogP contribution in [-0.2, 0) is 12.1 Å². The quantitative estimate of drug-likeness (QED) is 0.540. The van der Waals surface area contributed by atoms with Crippen LogP contribution in [-0.4, -0.2) is 39.2 Å². The minimum absolute atomic E-state index is 0.131. The average Bonchev–Trinajstić information content (AvgIpc) is 3.33. The van der Waals surface area contributed by atoms with Gasteiger partial charge in [-0.15, -0.1) is 0 Å². The molecule has 1 amide bonds. The fraction of sp³-hybridized carbons (Fsp3) is 0.385. The highest BCUT2D eigenvalue weighted by Gasteiger charge is 2.54. The summed E-state index contributed by atoms with van der Waals surface area (Å²) in [5, 5.41) is 0. The molecular formula is C26H29FN4O2. The maximum atomic E-state index is 14.1. The fourth-order valence-corrected chi connectivity index (χ4v) is 5.30. The highest BCUT2D eigenvalue weighted by molar-refractivity contribution is 5.98. The Balaban J connectivity index is 1.42. The van der Waals surface area contributed by atoms with Crippen LogP contribution in [0.2, 0.25) is 0 Å². The van der Waals surface area contributed by atoms with Crippen molar-refractivity contribution in [2.75, 3.05) is 11.4 Å². The molecule has 6 nitrogen and oxygen atoms in total. The summed E-state index contributed by atoms with van der Waals surface area (Å²) in [7, 11) is 0. The number of imidazole rings is 1. The predicted molar refractivity (Wildman–Crippen MR) is 125 cm³/mol. The summed E-state index contributed by atoms with van der Waals surface area (Å²) in [4.78, 5) is 22.1. The third-order valence-electron chi connectivity index (χ3n) is 6.67. The van der Waals surface area contributed by atoms with E-state index >= 15 is 0 Å². The molecule has 2 aliphatic rings. The van der Waals surface area contributed by atoms with Crippen molar-refractivity contribution in [1.29, 1.82) is 0 Å². The molecule has 0 N–H and O–H groups in total. The molecule has 3 heterocycles. The molecule has 0 radical (unpaired) electrons. The molecule has 1 aromatic heterocycles. The number of carbonyl (C=O) groups excluding carboxylic acids is 1. The van der Waals surface area contributed by atoms with E-state index in [4.69, 9.17) is 4.74 Å². The maximum Gasteiger partial charge on any atom is 0.335 e. The van der Waals surface area contributed by atoms with Gasteiger partial charge < -0.3 is 4.74 Å². The Kier molecular flexibility index (Phi) is 5.44. The number of aromatic nitrogens is 2. The second kappa shape index (κ2) is 8.30. The normalized spacial score (nSPS) is 22.9. The Morgan fingerprint density at radius 2 is 2.03 bits per heavy atom. The number of fused-ring (bicyclic) bond motifs is 2. The summed E-state index contributed by atoms with van der Waals surface area (Å²) >= 11 is 0. The van der Waals surface area contributed by atoms with Crippen molar-refractivity contribution in [1.82, 2.24) is 14.5 Å². The molecular weight excluding hydrogens is 419 g/mol. The van der Waals surface area contributed by atoms with Crippen LogP contribution >= 0.6 is 0 Å². The van der Waals surface area contributed by atoms with Gasteiger partial charge >= 0.3 is 6.03 Å². The summed E-state index contributed by atoms with van der Waals surface area (Å²) in [6, 6.07) is 14.5. The van der Waals surface area contributed by atoms with Gasteiger partial charge in [-0.2, -0.15) is 0 Å². The number of hydrogen-bond donors (Lipinski definition) is 0. The van der Waals surface area contributed by atoms with E-state index in [2.05, 4.69) is 28.9 Å². The van der Waals surface area contributed by atoms with Crippen molar-refractivity contribution in [3.8, 4) is 5.75 Å². The van der Waals surface area contributed by atoms with Crippen molar-refractivity contribution in [2.24, 2.45) is 0 Å². The zero-order valence-electron chi connectivity index (χ0n) is 19.2. The molecule has 1 unspecified atom stereocenters. The van der Waals surface area contributed by atoms with Crippen LogP contribution in [0.15, 0.2) is 60.9 Å². The molecule has 2 atom stereocenters. The van der Waals surface area contributed by atoms with Gasteiger partial charge in [-0.1, -0.05) is 18.2 Å². The van der Waals surface area contributed by atoms with Gasteiger partial charge in [0.2, 0.25) is 0 Å². The number of ether oxygens (including phenoxy) is 1. The van der Waals surface area contributed by atoms with Crippen LogP contribution in [0.25, 0.3) is 0 Å². The Labute approximate surface area is 193 Å². The van der Waals surface area contributed by atoms with Crippen LogP contribution in [0.1, 0.15) is 45.0 Å². The number of benzene rings is 2. The van der Waals surface area contributed by atoms with E-state index in [-0.39, 0.29) is 24.0 Å². The van der Waals surface area contributed by atoms with Gasteiger partial charge in [0.15, 0.2) is 0 Å². The maximum absolute atomic E-state index is 14.1. The first-order valence-corrected chi connectivity index (χ1v) is 11.5. The number of amides is 1. The minimum atomic E-state index is -0.590. The largest absolute Gasteiger partial charge is 0.491 e. The molecule has 1 fully saturated rings. The van der Waals surface area contributed by atoms with Gasteiger partial charge in [-0.05, 0) is 69.5 Å². The molecule has 1 saturated heterocycles. The molecule has 5 rings (SSSR count). The van der Waals surface area contributed by atoms with E-state index in [9.17, 15) is 9.18 Å². The molecule has 7 heteroatoms. The second-order valence-electron chi connectivity index (χ2n) is 9.34. The predicted octanol–water partition coefficient (Wildman–Crippen LogP) is 5.18. The van der Waals surface area contributed by atoms with Gasteiger partial charge in [0, 0.05) is 37.2 Å². The molecule has 0 aliphatic carbocycles. The summed E-state index contributed by atoms with van der Waals surface area (Å²) in [6.07, 6.45) is 4.95. The van der Waals surface area contributed by atoms with Crippen molar-refractivity contribution < 1.29 is 13.9 Å². The summed E-state index contributed by atoms with van der Waals surface area (Å²) < 4.78 is 21.5. The number of piperidine rings is 1. The molecule has 2 aliphatic heterocycles. The van der Waals surface area contributed by atoms with Crippen LogP contribution in [0.4, 0.5) is 14.9 Å². The van der Waals surface area contributed by atoms with Crippen molar-refractivity contribution >= 4 is 11.7 Å². The van der Waals surface area contributed by atoms with Crippen LogP contribution in [0, 0.1) is 5.82 Å². The number of hydrogen-bond acceptors (Lipinski definition) is 4. The highest BCUT2D eigenvalue weighted by Crippen LogP contribution is 2.47. The SMILES string of the molecule is CC(C)Oc1cccc(CN2CC[C@]3(CC2C)c2nccn2C(=O)N3c2cccc(F)c2)c1. The number of anilines is 1. The standard InChI is InChI=1S/C26H29FN4O2/c1-18(2)33-23-9-4-6-20(14-23)17-29-12-10-26(16-19(29)3)24-28-11-13-30(24)25(32)31(26)22-8-5-7-21(27)15-22/h4-9,11,13-15,18-19H,10,12,16-17H2,1-3H3/t19?,26-/m0/s1. The van der Waals surface area contributed by atoms with E-state index in [1.165, 1.54) is 17.7 Å². The summed E-state index contributed by atoms with van der Waals surface area (Å²) in [5.74, 6) is 1.27. The molecule has 1 spiro atoms. The molecule has 172 valence electrons. The molecule has 3 aromatic rings. The van der Waals surface area contributed by atoms with E-state index < -0.39 is 5.54 Å². The van der Waals surface area contributed by atoms with Gasteiger partial charge in [0.1, 0.15) is 22.9 Å². The number of nitrogens with zero attached hydrogens (tertiary/aromatic N) is 4.